The lowest BCUT2D eigenvalue weighted by molar-refractivity contribution is -0.161. The second-order valence-corrected chi connectivity index (χ2v) is 5.17. The molecule has 1 aromatic heterocycles. The molecule has 0 N–H and O–H groups in total. The van der Waals surface area contributed by atoms with Gasteiger partial charge in [-0.1, -0.05) is 0 Å². The smallest absolute Gasteiger partial charge is 0.344 e. The second kappa shape index (κ2) is 7.63. The van der Waals surface area contributed by atoms with Crippen molar-refractivity contribution in [3.05, 3.63) is 11.6 Å². The first-order valence-electron chi connectivity index (χ1n) is 7.49. The van der Waals surface area contributed by atoms with Crippen LogP contribution in [0.3, 0.4) is 0 Å². The van der Waals surface area contributed by atoms with Gasteiger partial charge in [-0.15, -0.1) is 0 Å². The molecule has 0 unspecified atom stereocenters. The highest BCUT2D eigenvalue weighted by molar-refractivity contribution is 5.78. The lowest BCUT2D eigenvalue weighted by atomic mass is 9.97. The van der Waals surface area contributed by atoms with Crippen LogP contribution >= 0.6 is 0 Å². The minimum Gasteiger partial charge on any atom is -0.463 e. The Kier molecular flexibility index (Phi) is 5.57. The monoisotopic (exact) mass is 321 g/mol. The fourth-order valence-corrected chi connectivity index (χ4v) is 2.47. The summed E-state index contributed by atoms with van der Waals surface area (Å²) in [4.78, 5) is 29.0. The van der Waals surface area contributed by atoms with Crippen LogP contribution in [-0.4, -0.2) is 43.2 Å². The molecule has 8 nitrogen and oxygen atoms in total. The van der Waals surface area contributed by atoms with Crippen LogP contribution in [0.5, 0.6) is 0 Å². The molecule has 0 atom stereocenters. The van der Waals surface area contributed by atoms with Gasteiger partial charge in [0, 0.05) is 20.0 Å². The molecule has 0 saturated carbocycles. The number of oxazole rings is 1. The van der Waals surface area contributed by atoms with E-state index in [0.29, 0.717) is 37.7 Å². The molecule has 23 heavy (non-hydrogen) atoms. The summed E-state index contributed by atoms with van der Waals surface area (Å²) in [7, 11) is 0. The second-order valence-electron chi connectivity index (χ2n) is 5.17. The molecule has 2 rings (SSSR count). The van der Waals surface area contributed by atoms with E-state index in [-0.39, 0.29) is 24.8 Å². The highest BCUT2D eigenvalue weighted by Gasteiger charge is 2.29. The van der Waals surface area contributed by atoms with E-state index in [0.717, 1.165) is 0 Å². The zero-order valence-corrected chi connectivity index (χ0v) is 13.2. The molecular formula is C15H19N3O5. The molecule has 1 aromatic rings. The molecule has 8 heteroatoms. The molecule has 1 saturated heterocycles. The van der Waals surface area contributed by atoms with Gasteiger partial charge in [0.05, 0.1) is 12.5 Å². The Bertz CT molecular complexity index is 611. The number of nitrogens with zero attached hydrogens (tertiary/aromatic N) is 3. The Morgan fingerprint density at radius 3 is 2.70 bits per heavy atom. The van der Waals surface area contributed by atoms with Crippen molar-refractivity contribution >= 4 is 17.8 Å². The first kappa shape index (κ1) is 16.8. The summed E-state index contributed by atoms with van der Waals surface area (Å²) in [5.74, 6) is -0.327. The normalized spacial score (nSPS) is 15.1. The maximum absolute atomic E-state index is 11.9. The maximum atomic E-state index is 11.9. The Morgan fingerprint density at radius 2 is 2.09 bits per heavy atom. The third-order valence-electron chi connectivity index (χ3n) is 3.58. The highest BCUT2D eigenvalue weighted by Crippen LogP contribution is 2.27. The minimum absolute atomic E-state index is 0.255. The van der Waals surface area contributed by atoms with Gasteiger partial charge in [-0.05, 0) is 19.8 Å². The van der Waals surface area contributed by atoms with Crippen LogP contribution in [0.25, 0.3) is 0 Å². The van der Waals surface area contributed by atoms with Crippen molar-refractivity contribution in [2.24, 2.45) is 5.92 Å². The standard InChI is InChI=1S/C15H19N3O5/c1-3-21-13(19)9-22-15(20)11-4-6-18(7-5-11)14-12(8-16)17-10(2)23-14/h11H,3-7,9H2,1-2H3. The first-order chi connectivity index (χ1) is 11.0. The van der Waals surface area contributed by atoms with Gasteiger partial charge in [-0.25, -0.2) is 9.78 Å². The summed E-state index contributed by atoms with van der Waals surface area (Å²) in [6.45, 7) is 4.39. The molecule has 124 valence electrons. The number of aromatic nitrogens is 1. The van der Waals surface area contributed by atoms with E-state index in [1.54, 1.807) is 13.8 Å². The van der Waals surface area contributed by atoms with Crippen molar-refractivity contribution in [3.63, 3.8) is 0 Å². The lowest BCUT2D eigenvalue weighted by Gasteiger charge is -2.30. The fraction of sp³-hybridized carbons (Fsp3) is 0.600. The zero-order chi connectivity index (χ0) is 16.8. The Hall–Kier alpha value is -2.56. The van der Waals surface area contributed by atoms with E-state index in [1.807, 2.05) is 11.0 Å². The summed E-state index contributed by atoms with van der Waals surface area (Å²) >= 11 is 0. The summed E-state index contributed by atoms with van der Waals surface area (Å²) in [5, 5.41) is 9.05. The zero-order valence-electron chi connectivity index (χ0n) is 13.2. The third-order valence-corrected chi connectivity index (χ3v) is 3.58. The van der Waals surface area contributed by atoms with Crippen LogP contribution < -0.4 is 4.90 Å². The molecule has 1 aliphatic rings. The van der Waals surface area contributed by atoms with E-state index < -0.39 is 11.9 Å². The summed E-state index contributed by atoms with van der Waals surface area (Å²) in [6.07, 6.45) is 1.12. The molecule has 0 spiro atoms. The van der Waals surface area contributed by atoms with Crippen molar-refractivity contribution in [2.45, 2.75) is 26.7 Å². The minimum atomic E-state index is -0.547. The number of ether oxygens (including phenoxy) is 2. The summed E-state index contributed by atoms with van der Waals surface area (Å²) in [5.41, 5.74) is 0.255. The highest BCUT2D eigenvalue weighted by atomic mass is 16.6. The fourth-order valence-electron chi connectivity index (χ4n) is 2.47. The molecule has 1 fully saturated rings. The number of anilines is 1. The van der Waals surface area contributed by atoms with Gasteiger partial charge < -0.3 is 18.8 Å². The molecule has 0 bridgehead atoms. The largest absolute Gasteiger partial charge is 0.463 e. The Labute approximate surface area is 134 Å². The summed E-state index contributed by atoms with van der Waals surface area (Å²) < 4.78 is 15.1. The average molecular weight is 321 g/mol. The molecule has 1 aliphatic heterocycles. The van der Waals surface area contributed by atoms with E-state index in [1.165, 1.54) is 0 Å². The number of aryl methyl sites for hydroxylation is 1. The van der Waals surface area contributed by atoms with E-state index in [9.17, 15) is 9.59 Å². The van der Waals surface area contributed by atoms with Crippen LogP contribution in [0.4, 0.5) is 5.88 Å². The number of carbonyl (C=O) groups excluding carboxylic acids is 2. The first-order valence-corrected chi connectivity index (χ1v) is 7.49. The predicted octanol–water partition coefficient (Wildman–Crippen LogP) is 1.18. The molecule has 0 aromatic carbocycles. The Balaban J connectivity index is 1.85. The van der Waals surface area contributed by atoms with Gasteiger partial charge in [0.25, 0.3) is 0 Å². The quantitative estimate of drug-likeness (QED) is 0.744. The Morgan fingerprint density at radius 1 is 1.39 bits per heavy atom. The van der Waals surface area contributed by atoms with Crippen LogP contribution in [-0.2, 0) is 19.1 Å². The molecule has 0 aliphatic carbocycles. The van der Waals surface area contributed by atoms with Gasteiger partial charge in [-0.2, -0.15) is 5.26 Å². The van der Waals surface area contributed by atoms with Crippen LogP contribution in [0.15, 0.2) is 4.42 Å². The predicted molar refractivity (Wildman–Crippen MR) is 78.5 cm³/mol. The number of piperidine rings is 1. The molecular weight excluding hydrogens is 302 g/mol. The number of carbonyl (C=O) groups is 2. The van der Waals surface area contributed by atoms with Gasteiger partial charge in [0.1, 0.15) is 6.07 Å². The number of esters is 2. The van der Waals surface area contributed by atoms with Gasteiger partial charge in [0.2, 0.25) is 11.6 Å². The van der Waals surface area contributed by atoms with Gasteiger partial charge in [0.15, 0.2) is 12.5 Å². The third kappa shape index (κ3) is 4.22. The SMILES string of the molecule is CCOC(=O)COC(=O)C1CCN(c2oc(C)nc2C#N)CC1. The van der Waals surface area contributed by atoms with Gasteiger partial charge in [-0.3, -0.25) is 4.79 Å². The van der Waals surface area contributed by atoms with Crippen molar-refractivity contribution in [1.82, 2.24) is 4.98 Å². The topological polar surface area (TPSA) is 106 Å². The average Bonchev–Trinajstić information content (AvgIpc) is 2.94. The van der Waals surface area contributed by atoms with Crippen molar-refractivity contribution in [3.8, 4) is 6.07 Å². The number of nitriles is 1. The molecule has 0 radical (unpaired) electrons. The van der Waals surface area contributed by atoms with E-state index in [2.05, 4.69) is 4.98 Å². The van der Waals surface area contributed by atoms with E-state index >= 15 is 0 Å². The van der Waals surface area contributed by atoms with Crippen molar-refractivity contribution in [2.75, 3.05) is 31.2 Å². The van der Waals surface area contributed by atoms with Gasteiger partial charge >= 0.3 is 11.9 Å². The van der Waals surface area contributed by atoms with Crippen molar-refractivity contribution < 1.29 is 23.5 Å². The molecule has 0 amide bonds. The summed E-state index contributed by atoms with van der Waals surface area (Å²) in [6, 6.07) is 2.00. The van der Waals surface area contributed by atoms with Crippen LogP contribution in [0, 0.1) is 24.2 Å². The number of hydrogen-bond acceptors (Lipinski definition) is 8. The van der Waals surface area contributed by atoms with Crippen molar-refractivity contribution in [1.29, 1.82) is 5.26 Å². The molecule has 2 heterocycles. The number of hydrogen-bond donors (Lipinski definition) is 0. The number of rotatable bonds is 5. The van der Waals surface area contributed by atoms with E-state index in [4.69, 9.17) is 19.2 Å². The lowest BCUT2D eigenvalue weighted by Crippen LogP contribution is -2.37. The van der Waals surface area contributed by atoms with Crippen LogP contribution in [0.1, 0.15) is 31.4 Å². The van der Waals surface area contributed by atoms with Crippen LogP contribution in [0.2, 0.25) is 0 Å². The maximum Gasteiger partial charge on any atom is 0.344 e.